The first kappa shape index (κ1) is 13.9. The van der Waals surface area contributed by atoms with E-state index in [0.29, 0.717) is 30.1 Å². The fraction of sp³-hybridized carbons (Fsp3) is 0.286. The maximum absolute atomic E-state index is 9.96. The molecule has 0 amide bonds. The quantitative estimate of drug-likeness (QED) is 0.826. The predicted molar refractivity (Wildman–Crippen MR) is 74.4 cm³/mol. The highest BCUT2D eigenvalue weighted by Crippen LogP contribution is 2.27. The number of para-hydroxylation sites is 1. The molecule has 6 nitrogen and oxygen atoms in total. The standard InChI is InChI=1S/C14H16N4O2/c1-20-13-5-2-4-11(8-15)14(13)16-9-12(19)10-18-7-3-6-17-18/h2-7,12,16,19H,9-10H2,1H3. The molecule has 1 unspecified atom stereocenters. The van der Waals surface area contributed by atoms with Gasteiger partial charge in [0.2, 0.25) is 0 Å². The zero-order valence-corrected chi connectivity index (χ0v) is 11.2. The van der Waals surface area contributed by atoms with Gasteiger partial charge in [-0.3, -0.25) is 4.68 Å². The number of anilines is 1. The molecule has 1 aromatic heterocycles. The van der Waals surface area contributed by atoms with Gasteiger partial charge in [-0.05, 0) is 18.2 Å². The molecule has 0 aliphatic heterocycles. The van der Waals surface area contributed by atoms with Crippen molar-refractivity contribution in [3.63, 3.8) is 0 Å². The molecule has 0 fully saturated rings. The Kier molecular flexibility index (Phi) is 4.58. The molecular weight excluding hydrogens is 256 g/mol. The topological polar surface area (TPSA) is 83.1 Å². The first-order chi connectivity index (χ1) is 9.74. The van der Waals surface area contributed by atoms with Crippen molar-refractivity contribution < 1.29 is 9.84 Å². The first-order valence-electron chi connectivity index (χ1n) is 6.21. The molecule has 0 bridgehead atoms. The van der Waals surface area contributed by atoms with Crippen molar-refractivity contribution in [3.05, 3.63) is 42.2 Å². The summed E-state index contributed by atoms with van der Waals surface area (Å²) in [5.41, 5.74) is 1.08. The molecule has 1 aromatic carbocycles. The van der Waals surface area contributed by atoms with Crippen LogP contribution < -0.4 is 10.1 Å². The molecule has 0 radical (unpaired) electrons. The van der Waals surface area contributed by atoms with Crippen LogP contribution in [0.4, 0.5) is 5.69 Å². The van der Waals surface area contributed by atoms with Crippen molar-refractivity contribution in [2.45, 2.75) is 12.6 Å². The zero-order chi connectivity index (χ0) is 14.4. The van der Waals surface area contributed by atoms with Gasteiger partial charge in [0.15, 0.2) is 0 Å². The number of ether oxygens (including phenoxy) is 1. The summed E-state index contributed by atoms with van der Waals surface area (Å²) >= 11 is 0. The molecule has 1 heterocycles. The van der Waals surface area contributed by atoms with Gasteiger partial charge in [0.1, 0.15) is 11.8 Å². The zero-order valence-electron chi connectivity index (χ0n) is 11.2. The van der Waals surface area contributed by atoms with Gasteiger partial charge in [-0.2, -0.15) is 10.4 Å². The fourth-order valence-electron chi connectivity index (χ4n) is 1.89. The molecule has 0 aliphatic carbocycles. The number of benzene rings is 1. The van der Waals surface area contributed by atoms with Crippen molar-refractivity contribution in [2.75, 3.05) is 19.0 Å². The highest BCUT2D eigenvalue weighted by atomic mass is 16.5. The van der Waals surface area contributed by atoms with E-state index < -0.39 is 6.10 Å². The summed E-state index contributed by atoms with van der Waals surface area (Å²) in [4.78, 5) is 0. The number of hydrogen-bond acceptors (Lipinski definition) is 5. The Hall–Kier alpha value is -2.52. The van der Waals surface area contributed by atoms with E-state index in [2.05, 4.69) is 16.5 Å². The SMILES string of the molecule is COc1cccc(C#N)c1NCC(O)Cn1cccn1. The van der Waals surface area contributed by atoms with Crippen LogP contribution in [0.3, 0.4) is 0 Å². The van der Waals surface area contributed by atoms with Gasteiger partial charge < -0.3 is 15.2 Å². The lowest BCUT2D eigenvalue weighted by Gasteiger charge is -2.16. The number of nitrogens with zero attached hydrogens (tertiary/aromatic N) is 3. The molecule has 0 saturated heterocycles. The van der Waals surface area contributed by atoms with Crippen LogP contribution >= 0.6 is 0 Å². The molecule has 0 spiro atoms. The minimum Gasteiger partial charge on any atom is -0.495 e. The van der Waals surface area contributed by atoms with Crippen molar-refractivity contribution in [2.24, 2.45) is 0 Å². The third kappa shape index (κ3) is 3.28. The number of aliphatic hydroxyl groups excluding tert-OH is 1. The third-order valence-electron chi connectivity index (χ3n) is 2.84. The summed E-state index contributed by atoms with van der Waals surface area (Å²) in [6, 6.07) is 9.12. The minimum atomic E-state index is -0.619. The van der Waals surface area contributed by atoms with Gasteiger partial charge >= 0.3 is 0 Å². The van der Waals surface area contributed by atoms with Crippen molar-refractivity contribution in [3.8, 4) is 11.8 Å². The van der Waals surface area contributed by atoms with Gasteiger partial charge in [0, 0.05) is 18.9 Å². The van der Waals surface area contributed by atoms with Gasteiger partial charge in [-0.25, -0.2) is 0 Å². The smallest absolute Gasteiger partial charge is 0.143 e. The van der Waals surface area contributed by atoms with Crippen molar-refractivity contribution in [1.82, 2.24) is 9.78 Å². The second-order valence-electron chi connectivity index (χ2n) is 4.26. The van der Waals surface area contributed by atoms with Gasteiger partial charge in [0.05, 0.1) is 31.0 Å². The Morgan fingerprint density at radius 2 is 2.35 bits per heavy atom. The van der Waals surface area contributed by atoms with E-state index in [1.54, 1.807) is 48.5 Å². The lowest BCUT2D eigenvalue weighted by Crippen LogP contribution is -2.25. The van der Waals surface area contributed by atoms with Crippen LogP contribution in [0.2, 0.25) is 0 Å². The lowest BCUT2D eigenvalue weighted by atomic mass is 10.1. The number of rotatable bonds is 6. The minimum absolute atomic E-state index is 0.301. The molecule has 20 heavy (non-hydrogen) atoms. The largest absolute Gasteiger partial charge is 0.495 e. The van der Waals surface area contributed by atoms with E-state index in [1.165, 1.54) is 0 Å². The number of nitriles is 1. The number of aromatic nitrogens is 2. The normalized spacial score (nSPS) is 11.7. The first-order valence-corrected chi connectivity index (χ1v) is 6.21. The summed E-state index contributed by atoms with van der Waals surface area (Å²) in [6.45, 7) is 0.686. The molecule has 104 valence electrons. The highest BCUT2D eigenvalue weighted by Gasteiger charge is 2.11. The molecule has 2 aromatic rings. The van der Waals surface area contributed by atoms with E-state index in [0.717, 1.165) is 0 Å². The van der Waals surface area contributed by atoms with Crippen LogP contribution in [0.1, 0.15) is 5.56 Å². The molecule has 0 saturated carbocycles. The second kappa shape index (κ2) is 6.59. The Morgan fingerprint density at radius 3 is 3.00 bits per heavy atom. The summed E-state index contributed by atoms with van der Waals surface area (Å²) in [5, 5.41) is 26.1. The Labute approximate surface area is 117 Å². The van der Waals surface area contributed by atoms with Crippen molar-refractivity contribution in [1.29, 1.82) is 5.26 Å². The number of hydrogen-bond donors (Lipinski definition) is 2. The summed E-state index contributed by atoms with van der Waals surface area (Å²) in [6.07, 6.45) is 2.83. The van der Waals surface area contributed by atoms with Crippen LogP contribution in [0.5, 0.6) is 5.75 Å². The van der Waals surface area contributed by atoms with Crippen molar-refractivity contribution >= 4 is 5.69 Å². The average Bonchev–Trinajstić information content (AvgIpc) is 2.97. The molecule has 2 N–H and O–H groups in total. The molecule has 2 rings (SSSR count). The summed E-state index contributed by atoms with van der Waals surface area (Å²) < 4.78 is 6.87. The van der Waals surface area contributed by atoms with Gasteiger partial charge in [0.25, 0.3) is 0 Å². The maximum Gasteiger partial charge on any atom is 0.143 e. The fourth-order valence-corrected chi connectivity index (χ4v) is 1.89. The highest BCUT2D eigenvalue weighted by molar-refractivity contribution is 5.66. The molecule has 1 atom stereocenters. The third-order valence-corrected chi connectivity index (χ3v) is 2.84. The number of aliphatic hydroxyl groups is 1. The van der Waals surface area contributed by atoms with Crippen LogP contribution in [-0.4, -0.2) is 34.6 Å². The van der Waals surface area contributed by atoms with Gasteiger partial charge in [-0.15, -0.1) is 0 Å². The second-order valence-corrected chi connectivity index (χ2v) is 4.26. The van der Waals surface area contributed by atoms with Gasteiger partial charge in [-0.1, -0.05) is 6.07 Å². The molecule has 6 heteroatoms. The lowest BCUT2D eigenvalue weighted by molar-refractivity contribution is 0.161. The Morgan fingerprint density at radius 1 is 1.50 bits per heavy atom. The Bertz CT molecular complexity index is 590. The average molecular weight is 272 g/mol. The van der Waals surface area contributed by atoms with Crippen LogP contribution in [0.25, 0.3) is 0 Å². The van der Waals surface area contributed by atoms with E-state index in [-0.39, 0.29) is 0 Å². The van der Waals surface area contributed by atoms with E-state index in [1.807, 2.05) is 0 Å². The van der Waals surface area contributed by atoms with E-state index in [4.69, 9.17) is 10.00 Å². The van der Waals surface area contributed by atoms with Crippen LogP contribution in [0.15, 0.2) is 36.7 Å². The van der Waals surface area contributed by atoms with E-state index in [9.17, 15) is 5.11 Å². The Balaban J connectivity index is 2.01. The molecular formula is C14H16N4O2. The van der Waals surface area contributed by atoms with Crippen LogP contribution in [0, 0.1) is 11.3 Å². The predicted octanol–water partition coefficient (Wildman–Crippen LogP) is 1.24. The summed E-state index contributed by atoms with van der Waals surface area (Å²) in [7, 11) is 1.54. The van der Waals surface area contributed by atoms with Crippen LogP contribution in [-0.2, 0) is 6.54 Å². The molecule has 0 aliphatic rings. The number of methoxy groups -OCH3 is 1. The number of nitrogens with one attached hydrogen (secondary N) is 1. The maximum atomic E-state index is 9.96. The summed E-state index contributed by atoms with van der Waals surface area (Å²) in [5.74, 6) is 0.579. The van der Waals surface area contributed by atoms with E-state index >= 15 is 0 Å². The monoisotopic (exact) mass is 272 g/mol.